The van der Waals surface area contributed by atoms with Crippen molar-refractivity contribution in [2.24, 2.45) is 0 Å². The zero-order valence-electron chi connectivity index (χ0n) is 14.4. The van der Waals surface area contributed by atoms with E-state index in [0.717, 1.165) is 0 Å². The Morgan fingerprint density at radius 2 is 1.73 bits per heavy atom. The molecule has 0 atom stereocenters. The normalized spacial score (nSPS) is 11.0. The number of rotatable bonds is 6. The fourth-order valence-corrected chi connectivity index (χ4v) is 3.57. The number of amides is 2. The molecule has 0 unspecified atom stereocenters. The van der Waals surface area contributed by atoms with Crippen LogP contribution < -0.4 is 5.32 Å². The molecular formula is C18H19ClN2O4S. The predicted octanol–water partition coefficient (Wildman–Crippen LogP) is 2.84. The lowest BCUT2D eigenvalue weighted by Crippen LogP contribution is -2.22. The minimum atomic E-state index is -3.58. The second-order valence-corrected chi connectivity index (χ2v) is 8.40. The summed E-state index contributed by atoms with van der Waals surface area (Å²) >= 11 is 5.75. The van der Waals surface area contributed by atoms with Crippen LogP contribution in [0.1, 0.15) is 16.8 Å². The molecule has 2 aromatic rings. The van der Waals surface area contributed by atoms with Gasteiger partial charge in [0.15, 0.2) is 9.84 Å². The van der Waals surface area contributed by atoms with E-state index < -0.39 is 15.7 Å². The molecule has 0 spiro atoms. The van der Waals surface area contributed by atoms with Crippen LogP contribution in [-0.2, 0) is 14.6 Å². The van der Waals surface area contributed by atoms with Crippen LogP contribution in [0, 0.1) is 0 Å². The van der Waals surface area contributed by atoms with Crippen LogP contribution in [0.3, 0.4) is 0 Å². The molecule has 0 heterocycles. The molecule has 0 aliphatic rings. The molecule has 1 N–H and O–H groups in total. The van der Waals surface area contributed by atoms with Crippen molar-refractivity contribution in [1.82, 2.24) is 4.90 Å². The van der Waals surface area contributed by atoms with Crippen LogP contribution in [0.25, 0.3) is 0 Å². The lowest BCUT2D eigenvalue weighted by molar-refractivity contribution is -0.115. The van der Waals surface area contributed by atoms with Gasteiger partial charge in [0.05, 0.1) is 10.6 Å². The Hall–Kier alpha value is -2.38. The van der Waals surface area contributed by atoms with Gasteiger partial charge in [0, 0.05) is 36.8 Å². The van der Waals surface area contributed by atoms with Crippen LogP contribution in [0.2, 0.25) is 5.02 Å². The predicted molar refractivity (Wildman–Crippen MR) is 101 cm³/mol. The number of hydrogen-bond acceptors (Lipinski definition) is 4. The standard InChI is InChI=1S/C18H19ClN2O4S/c1-21(2)18(23)13-4-3-5-15(12-13)20-17(22)10-11-26(24,25)16-8-6-14(19)7-9-16/h3-9,12H,10-11H2,1-2H3,(H,20,22). The molecule has 26 heavy (non-hydrogen) atoms. The topological polar surface area (TPSA) is 83.6 Å². The summed E-state index contributed by atoms with van der Waals surface area (Å²) in [6, 6.07) is 12.3. The first kappa shape index (κ1) is 19.9. The summed E-state index contributed by atoms with van der Waals surface area (Å²) in [5, 5.41) is 3.05. The van der Waals surface area contributed by atoms with Gasteiger partial charge in [-0.3, -0.25) is 9.59 Å². The summed E-state index contributed by atoms with van der Waals surface area (Å²) < 4.78 is 24.5. The number of hydrogen-bond donors (Lipinski definition) is 1. The van der Waals surface area contributed by atoms with Gasteiger partial charge >= 0.3 is 0 Å². The van der Waals surface area contributed by atoms with Gasteiger partial charge in [-0.2, -0.15) is 0 Å². The average molecular weight is 395 g/mol. The first-order valence-corrected chi connectivity index (χ1v) is 9.82. The Bertz CT molecular complexity index is 909. The van der Waals surface area contributed by atoms with Crippen LogP contribution in [-0.4, -0.2) is 45.0 Å². The van der Waals surface area contributed by atoms with E-state index in [-0.39, 0.29) is 23.0 Å². The second kappa shape index (κ2) is 8.33. The van der Waals surface area contributed by atoms with Crippen molar-refractivity contribution in [3.05, 3.63) is 59.1 Å². The van der Waals surface area contributed by atoms with Crippen molar-refractivity contribution in [1.29, 1.82) is 0 Å². The highest BCUT2D eigenvalue weighted by atomic mass is 35.5. The van der Waals surface area contributed by atoms with Crippen molar-refractivity contribution in [2.45, 2.75) is 11.3 Å². The minimum Gasteiger partial charge on any atom is -0.345 e. The van der Waals surface area contributed by atoms with Gasteiger partial charge in [0.2, 0.25) is 5.91 Å². The van der Waals surface area contributed by atoms with Crippen molar-refractivity contribution in [2.75, 3.05) is 25.2 Å². The van der Waals surface area contributed by atoms with Gasteiger partial charge in [-0.15, -0.1) is 0 Å². The van der Waals surface area contributed by atoms with Gasteiger partial charge in [-0.1, -0.05) is 17.7 Å². The number of carbonyl (C=O) groups is 2. The van der Waals surface area contributed by atoms with Crippen molar-refractivity contribution in [3.8, 4) is 0 Å². The molecule has 2 aromatic carbocycles. The van der Waals surface area contributed by atoms with Crippen LogP contribution in [0.15, 0.2) is 53.4 Å². The largest absolute Gasteiger partial charge is 0.345 e. The summed E-state index contributed by atoms with van der Waals surface area (Å²) in [6.07, 6.45) is -0.198. The number of sulfone groups is 1. The van der Waals surface area contributed by atoms with Crippen molar-refractivity contribution < 1.29 is 18.0 Å². The lowest BCUT2D eigenvalue weighted by atomic mass is 10.2. The Morgan fingerprint density at radius 3 is 2.35 bits per heavy atom. The molecule has 0 aromatic heterocycles. The molecule has 0 bridgehead atoms. The Balaban J connectivity index is 2.00. The fraction of sp³-hybridized carbons (Fsp3) is 0.222. The Morgan fingerprint density at radius 1 is 1.08 bits per heavy atom. The quantitative estimate of drug-likeness (QED) is 0.816. The van der Waals surface area contributed by atoms with E-state index in [1.807, 2.05) is 0 Å². The molecule has 2 amide bonds. The number of benzene rings is 2. The zero-order chi connectivity index (χ0) is 19.3. The second-order valence-electron chi connectivity index (χ2n) is 5.85. The molecule has 6 nitrogen and oxygen atoms in total. The number of anilines is 1. The number of halogens is 1. The minimum absolute atomic E-state index is 0.119. The first-order valence-electron chi connectivity index (χ1n) is 7.79. The molecule has 2 rings (SSSR count). The van der Waals surface area contributed by atoms with E-state index in [1.54, 1.807) is 38.4 Å². The first-order chi connectivity index (χ1) is 12.2. The van der Waals surface area contributed by atoms with E-state index in [9.17, 15) is 18.0 Å². The molecule has 0 saturated carbocycles. The molecule has 8 heteroatoms. The number of nitrogens with zero attached hydrogens (tertiary/aromatic N) is 1. The zero-order valence-corrected chi connectivity index (χ0v) is 16.0. The maximum Gasteiger partial charge on any atom is 0.253 e. The third-order valence-electron chi connectivity index (χ3n) is 3.57. The van der Waals surface area contributed by atoms with E-state index in [4.69, 9.17) is 11.6 Å². The SMILES string of the molecule is CN(C)C(=O)c1cccc(NC(=O)CCS(=O)(=O)c2ccc(Cl)cc2)c1. The van der Waals surface area contributed by atoms with Gasteiger partial charge in [0.1, 0.15) is 0 Å². The average Bonchev–Trinajstić information content (AvgIpc) is 2.60. The number of carbonyl (C=O) groups excluding carboxylic acids is 2. The van der Waals surface area contributed by atoms with E-state index in [1.165, 1.54) is 29.2 Å². The van der Waals surface area contributed by atoms with Crippen LogP contribution in [0.5, 0.6) is 0 Å². The summed E-state index contributed by atoms with van der Waals surface area (Å²) in [7, 11) is -0.309. The molecular weight excluding hydrogens is 376 g/mol. The summed E-state index contributed by atoms with van der Waals surface area (Å²) in [5.41, 5.74) is 0.869. The van der Waals surface area contributed by atoms with Gasteiger partial charge in [-0.25, -0.2) is 8.42 Å². The van der Waals surface area contributed by atoms with Gasteiger partial charge < -0.3 is 10.2 Å². The smallest absolute Gasteiger partial charge is 0.253 e. The fourth-order valence-electron chi connectivity index (χ4n) is 2.20. The van der Waals surface area contributed by atoms with Gasteiger partial charge in [0.25, 0.3) is 5.91 Å². The Kier molecular flexibility index (Phi) is 6.39. The van der Waals surface area contributed by atoms with Crippen LogP contribution in [0.4, 0.5) is 5.69 Å². The molecule has 0 aliphatic heterocycles. The van der Waals surface area contributed by atoms with Crippen LogP contribution >= 0.6 is 11.6 Å². The van der Waals surface area contributed by atoms with E-state index in [2.05, 4.69) is 5.32 Å². The lowest BCUT2D eigenvalue weighted by Gasteiger charge is -2.12. The van der Waals surface area contributed by atoms with E-state index >= 15 is 0 Å². The molecule has 0 radical (unpaired) electrons. The van der Waals surface area contributed by atoms with Crippen molar-refractivity contribution >= 4 is 38.9 Å². The van der Waals surface area contributed by atoms with Gasteiger partial charge in [-0.05, 0) is 42.5 Å². The molecule has 0 fully saturated rings. The highest BCUT2D eigenvalue weighted by molar-refractivity contribution is 7.91. The maximum absolute atomic E-state index is 12.2. The number of nitrogens with one attached hydrogen (secondary N) is 1. The monoisotopic (exact) mass is 394 g/mol. The molecule has 0 saturated heterocycles. The van der Waals surface area contributed by atoms with Crippen molar-refractivity contribution in [3.63, 3.8) is 0 Å². The summed E-state index contributed by atoms with van der Waals surface area (Å²) in [6.45, 7) is 0. The van der Waals surface area contributed by atoms with E-state index in [0.29, 0.717) is 16.3 Å². The summed E-state index contributed by atoms with van der Waals surface area (Å²) in [5.74, 6) is -0.958. The third kappa shape index (κ3) is 5.31. The summed E-state index contributed by atoms with van der Waals surface area (Å²) in [4.78, 5) is 25.6. The molecule has 0 aliphatic carbocycles. The third-order valence-corrected chi connectivity index (χ3v) is 5.55. The Labute approximate surface area is 157 Å². The molecule has 138 valence electrons. The highest BCUT2D eigenvalue weighted by Gasteiger charge is 2.17. The maximum atomic E-state index is 12.2. The highest BCUT2D eigenvalue weighted by Crippen LogP contribution is 2.17.